The zero-order chi connectivity index (χ0) is 15.4. The monoisotopic (exact) mass is 324 g/mol. The molecular formula is C19H17OPS. The van der Waals surface area contributed by atoms with Crippen molar-refractivity contribution in [3.63, 3.8) is 0 Å². The van der Waals surface area contributed by atoms with Crippen LogP contribution < -0.4 is 20.7 Å². The number of hydrogen-bond donors (Lipinski definition) is 0. The van der Waals surface area contributed by atoms with Gasteiger partial charge in [-0.3, -0.25) is 0 Å². The lowest BCUT2D eigenvalue weighted by atomic mass is 10.3. The van der Waals surface area contributed by atoms with Crippen molar-refractivity contribution in [3.8, 4) is 5.75 Å². The fraction of sp³-hybridized carbons (Fsp3) is 0.0526. The third-order valence-electron chi connectivity index (χ3n) is 3.66. The van der Waals surface area contributed by atoms with Crippen LogP contribution in [0.3, 0.4) is 0 Å². The molecule has 3 heteroatoms. The van der Waals surface area contributed by atoms with Gasteiger partial charge in [0.25, 0.3) is 0 Å². The molecule has 0 heterocycles. The summed E-state index contributed by atoms with van der Waals surface area (Å²) in [5, 5.41) is 3.55. The van der Waals surface area contributed by atoms with Crippen LogP contribution in [0, 0.1) is 0 Å². The molecule has 0 atom stereocenters. The molecule has 0 aromatic heterocycles. The highest BCUT2D eigenvalue weighted by atomic mass is 32.4. The standard InChI is InChI=1S/C19H17OPS/c1-20-16-9-8-14-19(15-16)21(22,17-10-4-2-5-11-17)18-12-6-3-7-13-18/h2-15H,1H3. The van der Waals surface area contributed by atoms with Gasteiger partial charge in [-0.15, -0.1) is 0 Å². The molecule has 0 aliphatic rings. The molecule has 22 heavy (non-hydrogen) atoms. The molecule has 3 aromatic carbocycles. The molecule has 0 saturated heterocycles. The first-order valence-electron chi connectivity index (χ1n) is 7.11. The van der Waals surface area contributed by atoms with Gasteiger partial charge in [-0.25, -0.2) is 0 Å². The Bertz CT molecular complexity index is 756. The molecule has 0 spiro atoms. The fourth-order valence-electron chi connectivity index (χ4n) is 2.53. The maximum absolute atomic E-state index is 6.26. The van der Waals surface area contributed by atoms with Crippen LogP contribution in [0.1, 0.15) is 0 Å². The SMILES string of the molecule is COc1cccc(P(=S)(c2ccccc2)c2ccccc2)c1. The molecule has 0 N–H and O–H groups in total. The number of ether oxygens (including phenoxy) is 1. The van der Waals surface area contributed by atoms with Crippen molar-refractivity contribution >= 4 is 33.8 Å². The predicted molar refractivity (Wildman–Crippen MR) is 99.1 cm³/mol. The molecule has 0 saturated carbocycles. The van der Waals surface area contributed by atoms with E-state index in [1.54, 1.807) is 7.11 Å². The molecule has 1 nitrogen and oxygen atoms in total. The molecule has 110 valence electrons. The summed E-state index contributed by atoms with van der Waals surface area (Å²) in [5.41, 5.74) is 0. The average Bonchev–Trinajstić information content (AvgIpc) is 2.62. The molecular weight excluding hydrogens is 307 g/mol. The van der Waals surface area contributed by atoms with E-state index in [0.29, 0.717) is 0 Å². The van der Waals surface area contributed by atoms with Crippen LogP contribution in [0.2, 0.25) is 0 Å². The van der Waals surface area contributed by atoms with Crippen molar-refractivity contribution in [1.29, 1.82) is 0 Å². The highest BCUT2D eigenvalue weighted by Crippen LogP contribution is 2.43. The number of hydrogen-bond acceptors (Lipinski definition) is 2. The Labute approximate surface area is 136 Å². The van der Waals surface area contributed by atoms with Crippen LogP contribution in [0.15, 0.2) is 84.9 Å². The summed E-state index contributed by atoms with van der Waals surface area (Å²) in [4.78, 5) is 0. The van der Waals surface area contributed by atoms with Gasteiger partial charge in [0.2, 0.25) is 0 Å². The summed E-state index contributed by atoms with van der Waals surface area (Å²) >= 11 is 6.26. The summed E-state index contributed by atoms with van der Waals surface area (Å²) < 4.78 is 5.39. The number of rotatable bonds is 4. The molecule has 0 amide bonds. The van der Waals surface area contributed by atoms with Crippen LogP contribution >= 0.6 is 6.04 Å². The topological polar surface area (TPSA) is 9.23 Å². The Hall–Kier alpha value is -1.89. The van der Waals surface area contributed by atoms with E-state index < -0.39 is 6.04 Å². The van der Waals surface area contributed by atoms with Crippen LogP contribution in [-0.2, 0) is 11.8 Å². The van der Waals surface area contributed by atoms with Gasteiger partial charge in [-0.05, 0) is 28.0 Å². The van der Waals surface area contributed by atoms with Crippen LogP contribution in [0.25, 0.3) is 0 Å². The van der Waals surface area contributed by atoms with E-state index in [9.17, 15) is 0 Å². The van der Waals surface area contributed by atoms with E-state index in [2.05, 4.69) is 60.7 Å². The Morgan fingerprint density at radius 1 is 0.682 bits per heavy atom. The largest absolute Gasteiger partial charge is 0.497 e. The summed E-state index contributed by atoms with van der Waals surface area (Å²) in [6.07, 6.45) is 0. The fourth-order valence-corrected chi connectivity index (χ4v) is 6.28. The van der Waals surface area contributed by atoms with Gasteiger partial charge in [-0.2, -0.15) is 0 Å². The molecule has 0 bridgehead atoms. The second-order valence-electron chi connectivity index (χ2n) is 4.98. The molecule has 3 aromatic rings. The van der Waals surface area contributed by atoms with Gasteiger partial charge < -0.3 is 4.74 Å². The number of benzene rings is 3. The Morgan fingerprint density at radius 2 is 1.18 bits per heavy atom. The smallest absolute Gasteiger partial charge is 0.119 e. The second kappa shape index (κ2) is 6.48. The molecule has 0 fully saturated rings. The van der Waals surface area contributed by atoms with Gasteiger partial charge in [0.05, 0.1) is 7.11 Å². The normalized spacial score (nSPS) is 11.1. The summed E-state index contributed by atoms with van der Waals surface area (Å²) in [7, 11) is 1.69. The van der Waals surface area contributed by atoms with E-state index in [1.807, 2.05) is 24.3 Å². The van der Waals surface area contributed by atoms with Gasteiger partial charge in [0, 0.05) is 6.04 Å². The lowest BCUT2D eigenvalue weighted by molar-refractivity contribution is 0.415. The first-order chi connectivity index (χ1) is 10.7. The third kappa shape index (κ3) is 2.72. The van der Waals surface area contributed by atoms with E-state index in [-0.39, 0.29) is 0 Å². The highest BCUT2D eigenvalue weighted by molar-refractivity contribution is 8.25. The van der Waals surface area contributed by atoms with Gasteiger partial charge in [0.1, 0.15) is 5.75 Å². The summed E-state index contributed by atoms with van der Waals surface area (Å²) in [5.74, 6) is 0.846. The Morgan fingerprint density at radius 3 is 1.68 bits per heavy atom. The van der Waals surface area contributed by atoms with E-state index >= 15 is 0 Å². The zero-order valence-corrected chi connectivity index (χ0v) is 14.1. The lowest BCUT2D eigenvalue weighted by Crippen LogP contribution is -2.24. The quantitative estimate of drug-likeness (QED) is 0.680. The molecule has 0 aliphatic carbocycles. The van der Waals surface area contributed by atoms with E-state index in [0.717, 1.165) is 11.1 Å². The highest BCUT2D eigenvalue weighted by Gasteiger charge is 2.24. The van der Waals surface area contributed by atoms with Gasteiger partial charge in [0.15, 0.2) is 0 Å². The molecule has 0 aliphatic heterocycles. The average molecular weight is 324 g/mol. The summed E-state index contributed by atoms with van der Waals surface area (Å²) in [6, 6.07) is 26.9. The minimum atomic E-state index is -2.06. The second-order valence-corrected chi connectivity index (χ2v) is 9.39. The maximum atomic E-state index is 6.26. The molecule has 0 radical (unpaired) electrons. The minimum absolute atomic E-state index is 0.846. The predicted octanol–water partition coefficient (Wildman–Crippen LogP) is 3.45. The van der Waals surface area contributed by atoms with Gasteiger partial charge in [-0.1, -0.05) is 84.6 Å². The maximum Gasteiger partial charge on any atom is 0.119 e. The minimum Gasteiger partial charge on any atom is -0.497 e. The summed E-state index contributed by atoms with van der Waals surface area (Å²) in [6.45, 7) is 0. The molecule has 3 rings (SSSR count). The van der Waals surface area contributed by atoms with Crippen LogP contribution in [0.5, 0.6) is 5.75 Å². The third-order valence-corrected chi connectivity index (χ3v) is 8.61. The van der Waals surface area contributed by atoms with Crippen molar-refractivity contribution in [1.82, 2.24) is 0 Å². The van der Waals surface area contributed by atoms with E-state index in [1.165, 1.54) is 10.6 Å². The van der Waals surface area contributed by atoms with Crippen molar-refractivity contribution in [2.45, 2.75) is 0 Å². The van der Waals surface area contributed by atoms with Crippen LogP contribution in [-0.4, -0.2) is 7.11 Å². The van der Waals surface area contributed by atoms with Crippen molar-refractivity contribution in [2.24, 2.45) is 0 Å². The zero-order valence-electron chi connectivity index (χ0n) is 12.3. The van der Waals surface area contributed by atoms with Crippen molar-refractivity contribution in [2.75, 3.05) is 7.11 Å². The Kier molecular flexibility index (Phi) is 4.42. The first-order valence-corrected chi connectivity index (χ1v) is 9.91. The van der Waals surface area contributed by atoms with Crippen molar-refractivity contribution < 1.29 is 4.74 Å². The van der Waals surface area contributed by atoms with E-state index in [4.69, 9.17) is 16.5 Å². The first kappa shape index (κ1) is 15.0. The molecule has 0 unspecified atom stereocenters. The lowest BCUT2D eigenvalue weighted by Gasteiger charge is -2.24. The van der Waals surface area contributed by atoms with Gasteiger partial charge >= 0.3 is 0 Å². The van der Waals surface area contributed by atoms with Crippen LogP contribution in [0.4, 0.5) is 0 Å². The van der Waals surface area contributed by atoms with Crippen molar-refractivity contribution in [3.05, 3.63) is 84.9 Å². The number of methoxy groups -OCH3 is 1. The Balaban J connectivity index is 2.26.